The van der Waals surface area contributed by atoms with Crippen LogP contribution in [0.4, 0.5) is 16.0 Å². The van der Waals surface area contributed by atoms with E-state index in [0.717, 1.165) is 30.8 Å². The van der Waals surface area contributed by atoms with Crippen molar-refractivity contribution in [3.63, 3.8) is 0 Å². The SMILES string of the molecule is OCC1CCCN1c1cc(NCc2ccc(Oc3cccnc3)c(F)c2)ncn1. The minimum atomic E-state index is -0.445. The molecule has 1 saturated heterocycles. The summed E-state index contributed by atoms with van der Waals surface area (Å²) in [6.07, 6.45) is 6.64. The number of anilines is 2. The average molecular weight is 395 g/mol. The van der Waals surface area contributed by atoms with Crippen LogP contribution in [0, 0.1) is 5.82 Å². The Balaban J connectivity index is 1.40. The molecule has 7 nitrogen and oxygen atoms in total. The van der Waals surface area contributed by atoms with Gasteiger partial charge in [-0.2, -0.15) is 0 Å². The van der Waals surface area contributed by atoms with Crippen LogP contribution in [-0.4, -0.2) is 39.3 Å². The van der Waals surface area contributed by atoms with E-state index in [9.17, 15) is 9.50 Å². The Morgan fingerprint density at radius 3 is 2.97 bits per heavy atom. The monoisotopic (exact) mass is 395 g/mol. The van der Waals surface area contributed by atoms with E-state index in [0.29, 0.717) is 18.1 Å². The molecule has 1 fully saturated rings. The van der Waals surface area contributed by atoms with Crippen LogP contribution in [0.2, 0.25) is 0 Å². The maximum Gasteiger partial charge on any atom is 0.166 e. The summed E-state index contributed by atoms with van der Waals surface area (Å²) in [6, 6.07) is 10.2. The Morgan fingerprint density at radius 1 is 1.24 bits per heavy atom. The number of aromatic nitrogens is 3. The number of halogens is 1. The van der Waals surface area contributed by atoms with Gasteiger partial charge in [0.2, 0.25) is 0 Å². The van der Waals surface area contributed by atoms with E-state index in [4.69, 9.17) is 4.74 Å². The molecule has 2 aromatic heterocycles. The van der Waals surface area contributed by atoms with Crippen molar-refractivity contribution >= 4 is 11.6 Å². The number of hydrogen-bond donors (Lipinski definition) is 2. The summed E-state index contributed by atoms with van der Waals surface area (Å²) in [5.74, 6) is 1.61. The Hall–Kier alpha value is -3.26. The first-order valence-corrected chi connectivity index (χ1v) is 9.52. The molecule has 1 atom stereocenters. The molecule has 1 aromatic carbocycles. The fraction of sp³-hybridized carbons (Fsp3) is 0.286. The molecule has 4 rings (SSSR count). The van der Waals surface area contributed by atoms with E-state index in [1.807, 2.05) is 6.07 Å². The predicted molar refractivity (Wildman–Crippen MR) is 108 cm³/mol. The molecule has 1 unspecified atom stereocenters. The molecule has 0 radical (unpaired) electrons. The van der Waals surface area contributed by atoms with Crippen LogP contribution in [0.15, 0.2) is 55.1 Å². The van der Waals surface area contributed by atoms with E-state index in [2.05, 4.69) is 25.2 Å². The van der Waals surface area contributed by atoms with Gasteiger partial charge < -0.3 is 20.1 Å². The van der Waals surface area contributed by atoms with Gasteiger partial charge in [-0.15, -0.1) is 0 Å². The lowest BCUT2D eigenvalue weighted by molar-refractivity contribution is 0.266. The molecule has 8 heteroatoms. The Bertz CT molecular complexity index is 957. The summed E-state index contributed by atoms with van der Waals surface area (Å²) in [7, 11) is 0. The Morgan fingerprint density at radius 2 is 2.17 bits per heavy atom. The van der Waals surface area contributed by atoms with Crippen LogP contribution in [-0.2, 0) is 6.54 Å². The lowest BCUT2D eigenvalue weighted by atomic mass is 10.2. The third-order valence-corrected chi connectivity index (χ3v) is 4.87. The van der Waals surface area contributed by atoms with Crippen LogP contribution < -0.4 is 15.0 Å². The van der Waals surface area contributed by atoms with Crippen LogP contribution in [0.1, 0.15) is 18.4 Å². The second kappa shape index (κ2) is 8.83. The first-order chi connectivity index (χ1) is 14.2. The maximum absolute atomic E-state index is 14.4. The summed E-state index contributed by atoms with van der Waals surface area (Å²) in [6.45, 7) is 1.38. The second-order valence-corrected chi connectivity index (χ2v) is 6.84. The fourth-order valence-corrected chi connectivity index (χ4v) is 3.39. The van der Waals surface area contributed by atoms with Gasteiger partial charge in [-0.3, -0.25) is 4.98 Å². The highest BCUT2D eigenvalue weighted by Crippen LogP contribution is 2.26. The number of nitrogens with zero attached hydrogens (tertiary/aromatic N) is 4. The smallest absolute Gasteiger partial charge is 0.166 e. The highest BCUT2D eigenvalue weighted by Gasteiger charge is 2.25. The number of hydrogen-bond acceptors (Lipinski definition) is 7. The number of aliphatic hydroxyl groups excluding tert-OH is 1. The zero-order valence-corrected chi connectivity index (χ0v) is 15.8. The summed E-state index contributed by atoms with van der Waals surface area (Å²) in [5, 5.41) is 12.7. The Labute approximate surface area is 168 Å². The minimum absolute atomic E-state index is 0.0965. The molecule has 150 valence electrons. The normalized spacial score (nSPS) is 16.1. The molecular formula is C21H22FN5O2. The van der Waals surface area contributed by atoms with Crippen LogP contribution >= 0.6 is 0 Å². The van der Waals surface area contributed by atoms with Gasteiger partial charge in [0.25, 0.3) is 0 Å². The van der Waals surface area contributed by atoms with Gasteiger partial charge in [-0.25, -0.2) is 14.4 Å². The first-order valence-electron chi connectivity index (χ1n) is 9.52. The van der Waals surface area contributed by atoms with E-state index in [1.54, 1.807) is 30.5 Å². The van der Waals surface area contributed by atoms with Gasteiger partial charge in [0, 0.05) is 25.4 Å². The van der Waals surface area contributed by atoms with Crippen LogP contribution in [0.25, 0.3) is 0 Å². The van der Waals surface area contributed by atoms with Crippen molar-refractivity contribution in [3.05, 3.63) is 66.5 Å². The van der Waals surface area contributed by atoms with Crippen molar-refractivity contribution in [1.29, 1.82) is 0 Å². The number of nitrogens with one attached hydrogen (secondary N) is 1. The van der Waals surface area contributed by atoms with Crippen molar-refractivity contribution in [2.24, 2.45) is 0 Å². The molecule has 0 aliphatic carbocycles. The molecule has 29 heavy (non-hydrogen) atoms. The fourth-order valence-electron chi connectivity index (χ4n) is 3.39. The van der Waals surface area contributed by atoms with Crippen LogP contribution in [0.5, 0.6) is 11.5 Å². The number of ether oxygens (including phenoxy) is 1. The van der Waals surface area contributed by atoms with Gasteiger partial charge in [0.15, 0.2) is 11.6 Å². The van der Waals surface area contributed by atoms with Crippen LogP contribution in [0.3, 0.4) is 0 Å². The summed E-state index contributed by atoms with van der Waals surface area (Å²) in [5.41, 5.74) is 0.760. The summed E-state index contributed by atoms with van der Waals surface area (Å²) < 4.78 is 19.9. The zero-order valence-electron chi connectivity index (χ0n) is 15.8. The highest BCUT2D eigenvalue weighted by atomic mass is 19.1. The van der Waals surface area contributed by atoms with Gasteiger partial charge >= 0.3 is 0 Å². The molecule has 1 aliphatic rings. The van der Waals surface area contributed by atoms with Gasteiger partial charge in [-0.1, -0.05) is 6.07 Å². The molecule has 0 spiro atoms. The molecule has 0 bridgehead atoms. The zero-order chi connectivity index (χ0) is 20.1. The van der Waals surface area contributed by atoms with Crippen molar-refractivity contribution in [3.8, 4) is 11.5 Å². The molecule has 0 saturated carbocycles. The van der Waals surface area contributed by atoms with Crippen molar-refractivity contribution in [2.45, 2.75) is 25.4 Å². The van der Waals surface area contributed by atoms with Gasteiger partial charge in [-0.05, 0) is 42.7 Å². The maximum atomic E-state index is 14.4. The number of benzene rings is 1. The highest BCUT2D eigenvalue weighted by molar-refractivity contribution is 5.50. The molecule has 1 aliphatic heterocycles. The van der Waals surface area contributed by atoms with Gasteiger partial charge in [0.05, 0.1) is 18.8 Å². The second-order valence-electron chi connectivity index (χ2n) is 6.84. The summed E-state index contributed by atoms with van der Waals surface area (Å²) in [4.78, 5) is 14.6. The standard InChI is InChI=1S/C21H22FN5O2/c22-18-9-15(5-6-19(18)29-17-4-1-7-23-12-17)11-24-20-10-21(26-14-25-20)27-8-2-3-16(27)13-28/h1,4-7,9-10,12,14,16,28H,2-3,8,11,13H2,(H,24,25,26). The summed E-state index contributed by atoms with van der Waals surface area (Å²) >= 11 is 0. The van der Waals surface area contributed by atoms with E-state index >= 15 is 0 Å². The third kappa shape index (κ3) is 4.60. The van der Waals surface area contributed by atoms with Crippen molar-refractivity contribution < 1.29 is 14.2 Å². The van der Waals surface area contributed by atoms with Crippen molar-refractivity contribution in [1.82, 2.24) is 15.0 Å². The quantitative estimate of drug-likeness (QED) is 0.634. The number of aliphatic hydroxyl groups is 1. The molecular weight excluding hydrogens is 373 g/mol. The number of pyridine rings is 1. The van der Waals surface area contributed by atoms with Crippen molar-refractivity contribution in [2.75, 3.05) is 23.4 Å². The molecule has 3 aromatic rings. The largest absolute Gasteiger partial charge is 0.453 e. The third-order valence-electron chi connectivity index (χ3n) is 4.87. The topological polar surface area (TPSA) is 83.4 Å². The first kappa shape index (κ1) is 19.1. The van der Waals surface area contributed by atoms with E-state index < -0.39 is 5.82 Å². The lowest BCUT2D eigenvalue weighted by Crippen LogP contribution is -2.32. The average Bonchev–Trinajstić information content (AvgIpc) is 3.24. The lowest BCUT2D eigenvalue weighted by Gasteiger charge is -2.24. The molecule has 0 amide bonds. The van der Waals surface area contributed by atoms with Gasteiger partial charge in [0.1, 0.15) is 23.7 Å². The molecule has 3 heterocycles. The number of rotatable bonds is 7. The Kier molecular flexibility index (Phi) is 5.81. The van der Waals surface area contributed by atoms with E-state index in [1.165, 1.54) is 18.6 Å². The molecule has 2 N–H and O–H groups in total. The van der Waals surface area contributed by atoms with E-state index in [-0.39, 0.29) is 18.4 Å². The minimum Gasteiger partial charge on any atom is -0.453 e. The predicted octanol–water partition coefficient (Wildman–Crippen LogP) is 3.38.